The number of ketones is 1. The van der Waals surface area contributed by atoms with Gasteiger partial charge in [0.25, 0.3) is 0 Å². The van der Waals surface area contributed by atoms with Gasteiger partial charge in [0, 0.05) is 37.9 Å². The summed E-state index contributed by atoms with van der Waals surface area (Å²) in [4.78, 5) is 37.1. The molecular weight excluding hydrogens is 306 g/mol. The largest absolute Gasteiger partial charge is 0.481 e. The zero-order valence-corrected chi connectivity index (χ0v) is 14.4. The van der Waals surface area contributed by atoms with Crippen LogP contribution >= 0.6 is 0 Å². The van der Waals surface area contributed by atoms with E-state index < -0.39 is 5.97 Å². The molecule has 0 saturated carbocycles. The normalized spacial score (nSPS) is 15.3. The Balaban J connectivity index is 1.82. The van der Waals surface area contributed by atoms with E-state index in [4.69, 9.17) is 5.11 Å². The van der Waals surface area contributed by atoms with Crippen LogP contribution in [-0.4, -0.2) is 40.8 Å². The predicted molar refractivity (Wildman–Crippen MR) is 91.0 cm³/mol. The van der Waals surface area contributed by atoms with Crippen molar-refractivity contribution in [3.8, 4) is 0 Å². The number of hydrogen-bond acceptors (Lipinski definition) is 3. The Morgan fingerprint density at radius 3 is 2.42 bits per heavy atom. The van der Waals surface area contributed by atoms with E-state index in [1.54, 1.807) is 4.90 Å². The molecule has 1 aromatic rings. The molecule has 0 spiro atoms. The fraction of sp³-hybridized carbons (Fsp3) is 0.526. The second-order valence-electron chi connectivity index (χ2n) is 6.66. The van der Waals surface area contributed by atoms with Gasteiger partial charge in [-0.2, -0.15) is 0 Å². The first-order valence-electron chi connectivity index (χ1n) is 8.47. The zero-order chi connectivity index (χ0) is 17.7. The number of aliphatic carboxylic acids is 1. The third-order valence-corrected chi connectivity index (χ3v) is 4.69. The van der Waals surface area contributed by atoms with Gasteiger partial charge in [0.15, 0.2) is 5.78 Å². The fourth-order valence-electron chi connectivity index (χ4n) is 3.18. The molecule has 1 aliphatic heterocycles. The van der Waals surface area contributed by atoms with Gasteiger partial charge < -0.3 is 10.0 Å². The summed E-state index contributed by atoms with van der Waals surface area (Å²) in [5.74, 6) is -0.630. The number of nitrogens with zero attached hydrogens (tertiary/aromatic N) is 1. The molecule has 1 aliphatic rings. The van der Waals surface area contributed by atoms with Gasteiger partial charge in [-0.3, -0.25) is 14.4 Å². The first kappa shape index (κ1) is 18.2. The van der Waals surface area contributed by atoms with Gasteiger partial charge in [-0.1, -0.05) is 17.7 Å². The molecule has 0 bridgehead atoms. The average molecular weight is 331 g/mol. The molecule has 0 aromatic heterocycles. The number of Topliss-reactive ketones (excluding diaryl/α,β-unsaturated/α-hetero) is 1. The highest BCUT2D eigenvalue weighted by molar-refractivity contribution is 5.99. The standard InChI is InChI=1S/C19H25NO4/c1-13-3-4-14(2)16(11-13)17(21)5-6-18(22)20-9-7-15(8-10-20)12-19(23)24/h3-4,11,15H,5-10,12H2,1-2H3,(H,23,24). The van der Waals surface area contributed by atoms with Gasteiger partial charge in [-0.25, -0.2) is 0 Å². The Hall–Kier alpha value is -2.17. The van der Waals surface area contributed by atoms with E-state index in [-0.39, 0.29) is 36.9 Å². The Morgan fingerprint density at radius 1 is 1.12 bits per heavy atom. The first-order chi connectivity index (χ1) is 11.4. The van der Waals surface area contributed by atoms with Gasteiger partial charge in [0.1, 0.15) is 0 Å². The summed E-state index contributed by atoms with van der Waals surface area (Å²) in [7, 11) is 0. The molecule has 1 saturated heterocycles. The molecule has 1 fully saturated rings. The monoisotopic (exact) mass is 331 g/mol. The number of likely N-dealkylation sites (tertiary alicyclic amines) is 1. The van der Waals surface area contributed by atoms with Crippen molar-refractivity contribution >= 4 is 17.7 Å². The summed E-state index contributed by atoms with van der Waals surface area (Å²) in [6.45, 7) is 5.03. The Kier molecular flexibility index (Phi) is 6.12. The molecule has 1 heterocycles. The van der Waals surface area contributed by atoms with Crippen molar-refractivity contribution in [3.63, 3.8) is 0 Å². The van der Waals surface area contributed by atoms with E-state index in [2.05, 4.69) is 0 Å². The van der Waals surface area contributed by atoms with Crippen LogP contribution in [-0.2, 0) is 9.59 Å². The third-order valence-electron chi connectivity index (χ3n) is 4.69. The molecule has 5 nitrogen and oxygen atoms in total. The van der Waals surface area contributed by atoms with Crippen LogP contribution < -0.4 is 0 Å². The number of aryl methyl sites for hydroxylation is 2. The molecule has 1 N–H and O–H groups in total. The minimum absolute atomic E-state index is 0.00492. The average Bonchev–Trinajstić information content (AvgIpc) is 2.54. The highest BCUT2D eigenvalue weighted by Crippen LogP contribution is 2.21. The van der Waals surface area contributed by atoms with Gasteiger partial charge in [-0.15, -0.1) is 0 Å². The maximum absolute atomic E-state index is 12.3. The second kappa shape index (κ2) is 8.08. The van der Waals surface area contributed by atoms with Gasteiger partial charge in [0.05, 0.1) is 0 Å². The number of carboxylic acid groups (broad SMARTS) is 1. The molecule has 1 aromatic carbocycles. The Morgan fingerprint density at radius 2 is 1.79 bits per heavy atom. The van der Waals surface area contributed by atoms with Crippen LogP contribution in [0.2, 0.25) is 0 Å². The number of hydrogen-bond donors (Lipinski definition) is 1. The summed E-state index contributed by atoms with van der Waals surface area (Å²) in [5, 5.41) is 8.82. The summed E-state index contributed by atoms with van der Waals surface area (Å²) in [5.41, 5.74) is 2.67. The molecule has 5 heteroatoms. The number of carbonyl (C=O) groups is 3. The third kappa shape index (κ3) is 4.91. The lowest BCUT2D eigenvalue weighted by molar-refractivity contribution is -0.138. The van der Waals surface area contributed by atoms with Crippen LogP contribution in [0.25, 0.3) is 0 Å². The van der Waals surface area contributed by atoms with E-state index in [1.807, 2.05) is 32.0 Å². The van der Waals surface area contributed by atoms with E-state index in [9.17, 15) is 14.4 Å². The van der Waals surface area contributed by atoms with Crippen molar-refractivity contribution < 1.29 is 19.5 Å². The van der Waals surface area contributed by atoms with Crippen LogP contribution in [0.15, 0.2) is 18.2 Å². The second-order valence-corrected chi connectivity index (χ2v) is 6.66. The van der Waals surface area contributed by atoms with E-state index >= 15 is 0 Å². The van der Waals surface area contributed by atoms with Crippen molar-refractivity contribution in [2.75, 3.05) is 13.1 Å². The smallest absolute Gasteiger partial charge is 0.303 e. The number of piperidine rings is 1. The van der Waals surface area contributed by atoms with E-state index in [1.165, 1.54) is 0 Å². The first-order valence-corrected chi connectivity index (χ1v) is 8.47. The summed E-state index contributed by atoms with van der Waals surface area (Å²) < 4.78 is 0. The Labute approximate surface area is 142 Å². The summed E-state index contributed by atoms with van der Waals surface area (Å²) in [6.07, 6.45) is 2.06. The van der Waals surface area contributed by atoms with Crippen molar-refractivity contribution in [2.45, 2.75) is 46.0 Å². The van der Waals surface area contributed by atoms with Crippen LogP contribution in [0.5, 0.6) is 0 Å². The highest BCUT2D eigenvalue weighted by atomic mass is 16.4. The van der Waals surface area contributed by atoms with Crippen molar-refractivity contribution in [2.24, 2.45) is 5.92 Å². The lowest BCUT2D eigenvalue weighted by Gasteiger charge is -2.31. The molecule has 0 radical (unpaired) electrons. The fourth-order valence-corrected chi connectivity index (χ4v) is 3.18. The predicted octanol–water partition coefficient (Wildman–Crippen LogP) is 2.98. The maximum atomic E-state index is 12.3. The SMILES string of the molecule is Cc1ccc(C)c(C(=O)CCC(=O)N2CCC(CC(=O)O)CC2)c1. The van der Waals surface area contributed by atoms with Crippen molar-refractivity contribution in [1.29, 1.82) is 0 Å². The minimum atomic E-state index is -0.779. The number of rotatable bonds is 6. The molecular formula is C19H25NO4. The minimum Gasteiger partial charge on any atom is -0.481 e. The molecule has 2 rings (SSSR count). The topological polar surface area (TPSA) is 74.7 Å². The molecule has 1 amide bonds. The van der Waals surface area contributed by atoms with E-state index in [0.717, 1.165) is 24.0 Å². The zero-order valence-electron chi connectivity index (χ0n) is 14.4. The molecule has 0 atom stereocenters. The van der Waals surface area contributed by atoms with Gasteiger partial charge in [0.2, 0.25) is 5.91 Å². The molecule has 130 valence electrons. The molecule has 0 aliphatic carbocycles. The molecule has 24 heavy (non-hydrogen) atoms. The van der Waals surface area contributed by atoms with Crippen molar-refractivity contribution in [1.82, 2.24) is 4.90 Å². The summed E-state index contributed by atoms with van der Waals surface area (Å²) >= 11 is 0. The number of amides is 1. The van der Waals surface area contributed by atoms with Crippen LogP contribution in [0.1, 0.15) is 53.6 Å². The maximum Gasteiger partial charge on any atom is 0.303 e. The van der Waals surface area contributed by atoms with Crippen LogP contribution in [0, 0.1) is 19.8 Å². The highest BCUT2D eigenvalue weighted by Gasteiger charge is 2.24. The quantitative estimate of drug-likeness (QED) is 0.813. The molecule has 0 unspecified atom stereocenters. The number of carboxylic acids is 1. The lowest BCUT2D eigenvalue weighted by atomic mass is 9.93. The number of carbonyl (C=O) groups excluding carboxylic acids is 2. The number of benzene rings is 1. The van der Waals surface area contributed by atoms with E-state index in [0.29, 0.717) is 18.7 Å². The van der Waals surface area contributed by atoms with Crippen LogP contribution in [0.3, 0.4) is 0 Å². The summed E-state index contributed by atoms with van der Waals surface area (Å²) in [6, 6.07) is 5.77. The Bertz CT molecular complexity index is 630. The van der Waals surface area contributed by atoms with Gasteiger partial charge in [-0.05, 0) is 44.2 Å². The van der Waals surface area contributed by atoms with Gasteiger partial charge >= 0.3 is 5.97 Å². The lowest BCUT2D eigenvalue weighted by Crippen LogP contribution is -2.39. The van der Waals surface area contributed by atoms with Crippen molar-refractivity contribution in [3.05, 3.63) is 34.9 Å². The van der Waals surface area contributed by atoms with Crippen LogP contribution in [0.4, 0.5) is 0 Å².